The van der Waals surface area contributed by atoms with Gasteiger partial charge in [0.05, 0.1) is 6.10 Å². The summed E-state index contributed by atoms with van der Waals surface area (Å²) in [6.07, 6.45) is 9.78. The molecule has 1 aliphatic rings. The van der Waals surface area contributed by atoms with E-state index in [1.54, 1.807) is 7.11 Å². The van der Waals surface area contributed by atoms with Gasteiger partial charge in [-0.1, -0.05) is 25.7 Å². The fourth-order valence-electron chi connectivity index (χ4n) is 2.75. The van der Waals surface area contributed by atoms with Crippen molar-refractivity contribution in [3.05, 3.63) is 0 Å². The molecule has 0 aromatic carbocycles. The van der Waals surface area contributed by atoms with Crippen molar-refractivity contribution in [2.24, 2.45) is 5.73 Å². The molecule has 17 heavy (non-hydrogen) atoms. The van der Waals surface area contributed by atoms with Crippen molar-refractivity contribution in [2.45, 2.75) is 64.0 Å². The summed E-state index contributed by atoms with van der Waals surface area (Å²) in [5.74, 6) is 0. The Morgan fingerprint density at radius 2 is 1.88 bits per heavy atom. The van der Waals surface area contributed by atoms with Crippen molar-refractivity contribution in [1.82, 2.24) is 4.90 Å². The molecule has 3 nitrogen and oxygen atoms in total. The molecule has 3 heteroatoms. The number of rotatable bonds is 7. The number of hydrogen-bond acceptors (Lipinski definition) is 3. The highest BCUT2D eigenvalue weighted by atomic mass is 16.5. The molecule has 1 atom stereocenters. The molecule has 0 amide bonds. The molecule has 0 aromatic heterocycles. The van der Waals surface area contributed by atoms with E-state index in [0.29, 0.717) is 6.10 Å². The smallest absolute Gasteiger partial charge is 0.0670 e. The van der Waals surface area contributed by atoms with Gasteiger partial charge < -0.3 is 10.5 Å². The van der Waals surface area contributed by atoms with Gasteiger partial charge in [-0.05, 0) is 39.3 Å². The topological polar surface area (TPSA) is 38.5 Å². The Morgan fingerprint density at radius 1 is 1.24 bits per heavy atom. The summed E-state index contributed by atoms with van der Waals surface area (Å²) in [4.78, 5) is 2.62. The lowest BCUT2D eigenvalue weighted by Gasteiger charge is -2.32. The summed E-state index contributed by atoms with van der Waals surface area (Å²) in [6, 6.07) is 0.765. The Bertz CT molecular complexity index is 179. The average molecular weight is 242 g/mol. The van der Waals surface area contributed by atoms with Gasteiger partial charge in [0.1, 0.15) is 0 Å². The molecular weight excluding hydrogens is 212 g/mol. The van der Waals surface area contributed by atoms with Crippen LogP contribution in [0, 0.1) is 0 Å². The van der Waals surface area contributed by atoms with Gasteiger partial charge in [0.2, 0.25) is 0 Å². The molecule has 0 radical (unpaired) electrons. The number of hydrogen-bond donors (Lipinski definition) is 1. The predicted octanol–water partition coefficient (Wildman–Crippen LogP) is 2.39. The minimum absolute atomic E-state index is 0.330. The molecule has 1 aliphatic carbocycles. The average Bonchev–Trinajstić information content (AvgIpc) is 2.62. The van der Waals surface area contributed by atoms with Crippen molar-refractivity contribution < 1.29 is 4.74 Å². The van der Waals surface area contributed by atoms with E-state index >= 15 is 0 Å². The van der Waals surface area contributed by atoms with Crippen LogP contribution in [0.3, 0.4) is 0 Å². The predicted molar refractivity (Wildman–Crippen MR) is 73.2 cm³/mol. The molecule has 0 heterocycles. The molecule has 0 bridgehead atoms. The Morgan fingerprint density at radius 3 is 2.41 bits per heavy atom. The lowest BCUT2D eigenvalue weighted by Crippen LogP contribution is -2.41. The van der Waals surface area contributed by atoms with Gasteiger partial charge in [0.25, 0.3) is 0 Å². The monoisotopic (exact) mass is 242 g/mol. The van der Waals surface area contributed by atoms with Crippen LogP contribution >= 0.6 is 0 Å². The molecule has 0 aliphatic heterocycles. The standard InChI is InChI=1S/C14H30N2O/c1-13(17-2)12-16(11-7-10-15)14-8-5-3-4-6-9-14/h13-14H,3-12,15H2,1-2H3. The fraction of sp³-hybridized carbons (Fsp3) is 1.00. The normalized spacial score (nSPS) is 20.5. The van der Waals surface area contributed by atoms with Crippen molar-refractivity contribution in [2.75, 3.05) is 26.7 Å². The van der Waals surface area contributed by atoms with E-state index in [1.165, 1.54) is 38.5 Å². The number of nitrogens with zero attached hydrogens (tertiary/aromatic N) is 1. The third kappa shape index (κ3) is 5.84. The van der Waals surface area contributed by atoms with Crippen molar-refractivity contribution >= 4 is 0 Å². The summed E-state index contributed by atoms with van der Waals surface area (Å²) in [7, 11) is 1.80. The molecule has 0 aromatic rings. The quantitative estimate of drug-likeness (QED) is 0.697. The molecule has 1 unspecified atom stereocenters. The van der Waals surface area contributed by atoms with Gasteiger partial charge in [-0.15, -0.1) is 0 Å². The SMILES string of the molecule is COC(C)CN(CCCN)C1CCCCCC1. The van der Waals surface area contributed by atoms with E-state index in [-0.39, 0.29) is 0 Å². The molecule has 1 rings (SSSR count). The maximum atomic E-state index is 5.64. The first kappa shape index (κ1) is 14.9. The van der Waals surface area contributed by atoms with Crippen LogP contribution in [-0.2, 0) is 4.74 Å². The van der Waals surface area contributed by atoms with E-state index in [2.05, 4.69) is 11.8 Å². The number of nitrogens with two attached hydrogens (primary N) is 1. The van der Waals surface area contributed by atoms with E-state index < -0.39 is 0 Å². The molecule has 2 N–H and O–H groups in total. The zero-order chi connectivity index (χ0) is 12.5. The van der Waals surface area contributed by atoms with Crippen LogP contribution in [0.4, 0.5) is 0 Å². The molecule has 0 saturated heterocycles. The highest BCUT2D eigenvalue weighted by molar-refractivity contribution is 4.76. The number of methoxy groups -OCH3 is 1. The summed E-state index contributed by atoms with van der Waals surface area (Å²) < 4.78 is 5.41. The molecule has 1 fully saturated rings. The van der Waals surface area contributed by atoms with Gasteiger partial charge in [0, 0.05) is 19.7 Å². The zero-order valence-corrected chi connectivity index (χ0v) is 11.7. The van der Waals surface area contributed by atoms with E-state index in [4.69, 9.17) is 10.5 Å². The summed E-state index contributed by atoms with van der Waals surface area (Å²) in [5.41, 5.74) is 5.64. The van der Waals surface area contributed by atoms with Crippen molar-refractivity contribution in [3.8, 4) is 0 Å². The second-order valence-corrected chi connectivity index (χ2v) is 5.33. The maximum Gasteiger partial charge on any atom is 0.0670 e. The highest BCUT2D eigenvalue weighted by Gasteiger charge is 2.21. The van der Waals surface area contributed by atoms with Gasteiger partial charge in [0.15, 0.2) is 0 Å². The largest absolute Gasteiger partial charge is 0.380 e. The van der Waals surface area contributed by atoms with Crippen LogP contribution in [0.2, 0.25) is 0 Å². The lowest BCUT2D eigenvalue weighted by molar-refractivity contribution is 0.0556. The first-order chi connectivity index (χ1) is 8.27. The molecule has 0 spiro atoms. The lowest BCUT2D eigenvalue weighted by atomic mass is 10.1. The Hall–Kier alpha value is -0.120. The van der Waals surface area contributed by atoms with Crippen LogP contribution in [0.1, 0.15) is 51.9 Å². The Kier molecular flexibility index (Phi) is 7.82. The minimum Gasteiger partial charge on any atom is -0.380 e. The van der Waals surface area contributed by atoms with Crippen molar-refractivity contribution in [1.29, 1.82) is 0 Å². The highest BCUT2D eigenvalue weighted by Crippen LogP contribution is 2.22. The van der Waals surface area contributed by atoms with E-state index in [0.717, 1.165) is 32.1 Å². The third-order valence-corrected chi connectivity index (χ3v) is 3.88. The minimum atomic E-state index is 0.330. The van der Waals surface area contributed by atoms with Gasteiger partial charge in [-0.3, -0.25) is 4.90 Å². The fourth-order valence-corrected chi connectivity index (χ4v) is 2.75. The first-order valence-electron chi connectivity index (χ1n) is 7.24. The molecule has 102 valence electrons. The molecule has 1 saturated carbocycles. The van der Waals surface area contributed by atoms with Gasteiger partial charge >= 0.3 is 0 Å². The van der Waals surface area contributed by atoms with Crippen LogP contribution in [0.15, 0.2) is 0 Å². The first-order valence-corrected chi connectivity index (χ1v) is 7.24. The van der Waals surface area contributed by atoms with Crippen LogP contribution in [0.5, 0.6) is 0 Å². The summed E-state index contributed by atoms with van der Waals surface area (Å²) in [5, 5.41) is 0. The van der Waals surface area contributed by atoms with E-state index in [9.17, 15) is 0 Å². The zero-order valence-electron chi connectivity index (χ0n) is 11.7. The summed E-state index contributed by atoms with van der Waals surface area (Å²) >= 11 is 0. The second kappa shape index (κ2) is 8.90. The molecular formula is C14H30N2O. The number of ether oxygens (including phenoxy) is 1. The van der Waals surface area contributed by atoms with Gasteiger partial charge in [-0.2, -0.15) is 0 Å². The van der Waals surface area contributed by atoms with Gasteiger partial charge in [-0.25, -0.2) is 0 Å². The third-order valence-electron chi connectivity index (χ3n) is 3.88. The Balaban J connectivity index is 2.46. The maximum absolute atomic E-state index is 5.64. The van der Waals surface area contributed by atoms with Crippen LogP contribution < -0.4 is 5.73 Å². The van der Waals surface area contributed by atoms with Crippen LogP contribution in [0.25, 0.3) is 0 Å². The second-order valence-electron chi connectivity index (χ2n) is 5.33. The summed E-state index contributed by atoms with van der Waals surface area (Å²) in [6.45, 7) is 5.15. The van der Waals surface area contributed by atoms with Crippen LogP contribution in [-0.4, -0.2) is 43.8 Å². The van der Waals surface area contributed by atoms with Crippen molar-refractivity contribution in [3.63, 3.8) is 0 Å². The Labute approximate surface area is 107 Å². The van der Waals surface area contributed by atoms with E-state index in [1.807, 2.05) is 0 Å².